The number of benzene rings is 1. The zero-order valence-electron chi connectivity index (χ0n) is 19.5. The van der Waals surface area contributed by atoms with Gasteiger partial charge in [0.2, 0.25) is 0 Å². The number of aromatic nitrogens is 7. The average molecular weight is 493 g/mol. The van der Waals surface area contributed by atoms with Crippen LogP contribution in [0.2, 0.25) is 5.15 Å². The molecule has 0 saturated carbocycles. The second-order valence-electron chi connectivity index (χ2n) is 8.33. The number of imidazole rings is 1. The van der Waals surface area contributed by atoms with Gasteiger partial charge in [-0.3, -0.25) is 19.0 Å². The molecule has 5 aromatic rings. The van der Waals surface area contributed by atoms with Gasteiger partial charge >= 0.3 is 0 Å². The van der Waals surface area contributed by atoms with Gasteiger partial charge in [0.1, 0.15) is 28.1 Å². The lowest BCUT2D eigenvalue weighted by Crippen LogP contribution is -2.27. The zero-order valence-corrected chi connectivity index (χ0v) is 20.2. The van der Waals surface area contributed by atoms with Crippen LogP contribution < -0.4 is 5.32 Å². The minimum absolute atomic E-state index is 0.240. The van der Waals surface area contributed by atoms with Crippen molar-refractivity contribution in [3.05, 3.63) is 76.6 Å². The smallest absolute Gasteiger partial charge is 0.252 e. The molecule has 0 aliphatic carbocycles. The lowest BCUT2D eigenvalue weighted by atomic mass is 9.98. The summed E-state index contributed by atoms with van der Waals surface area (Å²) < 4.78 is 18.5. The maximum Gasteiger partial charge on any atom is 0.252 e. The van der Waals surface area contributed by atoms with Crippen LogP contribution in [0.5, 0.6) is 0 Å². The van der Waals surface area contributed by atoms with Crippen molar-refractivity contribution in [2.24, 2.45) is 7.05 Å². The Morgan fingerprint density at radius 2 is 2.00 bits per heavy atom. The largest absolute Gasteiger partial charge is 0.342 e. The number of nitrogens with zero attached hydrogens (tertiary/aromatic N) is 6. The summed E-state index contributed by atoms with van der Waals surface area (Å²) in [5, 5.41) is 14.3. The van der Waals surface area contributed by atoms with Crippen LogP contribution in [-0.2, 0) is 7.05 Å². The van der Waals surface area contributed by atoms with E-state index < -0.39 is 11.9 Å². The second-order valence-corrected chi connectivity index (χ2v) is 8.69. The average Bonchev–Trinajstić information content (AvgIpc) is 3.50. The highest BCUT2D eigenvalue weighted by molar-refractivity contribution is 6.32. The minimum Gasteiger partial charge on any atom is -0.342 e. The van der Waals surface area contributed by atoms with E-state index in [2.05, 4.69) is 30.6 Å². The van der Waals surface area contributed by atoms with Crippen LogP contribution in [0.1, 0.15) is 40.7 Å². The number of aryl methyl sites for hydroxylation is 3. The molecule has 0 bridgehead atoms. The van der Waals surface area contributed by atoms with Gasteiger partial charge in [-0.25, -0.2) is 14.4 Å². The number of H-pyrrole nitrogens is 1. The number of carbonyl (C=O) groups excluding carboxylic acids is 1. The zero-order chi connectivity index (χ0) is 24.9. The second kappa shape index (κ2) is 8.62. The Hall–Kier alpha value is -4.05. The Bertz CT molecular complexity index is 1580. The summed E-state index contributed by atoms with van der Waals surface area (Å²) in [6.07, 6.45) is 3.47. The number of amides is 1. The predicted octanol–water partition coefficient (Wildman–Crippen LogP) is 4.42. The predicted molar refractivity (Wildman–Crippen MR) is 130 cm³/mol. The third-order valence-corrected chi connectivity index (χ3v) is 6.09. The van der Waals surface area contributed by atoms with Crippen molar-refractivity contribution in [1.29, 1.82) is 0 Å². The van der Waals surface area contributed by atoms with E-state index in [-0.39, 0.29) is 22.3 Å². The third kappa shape index (κ3) is 4.06. The lowest BCUT2D eigenvalue weighted by molar-refractivity contribution is 0.0938. The standard InChI is InChI=1S/C24H22ClFN8O/c1-12-17(11-33(4)32-12)16-6-5-7-18(26)20(16)21-22(25)34-9-8-15(10-19(34)29-21)24(35)27-13(2)23-28-14(3)30-31-23/h5-11,13H,1-4H3,(H,27,35)(H,28,30,31)/t13-/m1/s1. The number of hydrogen-bond donors (Lipinski definition) is 2. The molecule has 4 heterocycles. The molecule has 0 aliphatic rings. The molecule has 1 atom stereocenters. The van der Waals surface area contributed by atoms with Crippen LogP contribution in [0, 0.1) is 19.7 Å². The summed E-state index contributed by atoms with van der Waals surface area (Å²) in [7, 11) is 1.81. The molecule has 178 valence electrons. The number of hydrogen-bond acceptors (Lipinski definition) is 5. The fraction of sp³-hybridized carbons (Fsp3) is 0.208. The summed E-state index contributed by atoms with van der Waals surface area (Å²) in [6.45, 7) is 5.44. The van der Waals surface area contributed by atoms with Crippen LogP contribution in [-0.4, -0.2) is 40.3 Å². The van der Waals surface area contributed by atoms with Crippen molar-refractivity contribution >= 4 is 23.2 Å². The van der Waals surface area contributed by atoms with E-state index in [1.165, 1.54) is 6.07 Å². The maximum atomic E-state index is 15.2. The highest BCUT2D eigenvalue weighted by atomic mass is 35.5. The Labute approximate surface area is 205 Å². The summed E-state index contributed by atoms with van der Waals surface area (Å²) in [5.41, 5.74) is 3.52. The van der Waals surface area contributed by atoms with Crippen LogP contribution in [0.4, 0.5) is 4.39 Å². The van der Waals surface area contributed by atoms with Gasteiger partial charge in [0.25, 0.3) is 5.91 Å². The van der Waals surface area contributed by atoms with Crippen molar-refractivity contribution in [2.45, 2.75) is 26.8 Å². The monoisotopic (exact) mass is 492 g/mol. The van der Waals surface area contributed by atoms with Gasteiger partial charge in [-0.2, -0.15) is 10.2 Å². The SMILES string of the molecule is Cc1nc([C@@H](C)NC(=O)c2ccn3c(Cl)c(-c4c(F)cccc4-c4cn(C)nc4C)nc3c2)n[nH]1. The first-order chi connectivity index (χ1) is 16.7. The lowest BCUT2D eigenvalue weighted by Gasteiger charge is -2.10. The number of nitrogens with one attached hydrogen (secondary N) is 2. The van der Waals surface area contributed by atoms with Crippen molar-refractivity contribution in [3.8, 4) is 22.4 Å². The first-order valence-corrected chi connectivity index (χ1v) is 11.3. The number of carbonyl (C=O) groups is 1. The quantitative estimate of drug-likeness (QED) is 0.378. The number of fused-ring (bicyclic) bond motifs is 1. The molecule has 0 radical (unpaired) electrons. The van der Waals surface area contributed by atoms with E-state index in [4.69, 9.17) is 11.6 Å². The summed E-state index contributed by atoms with van der Waals surface area (Å²) in [4.78, 5) is 21.7. The molecule has 0 spiro atoms. The van der Waals surface area contributed by atoms with Crippen molar-refractivity contribution in [2.75, 3.05) is 0 Å². The molecular weight excluding hydrogens is 471 g/mol. The Balaban J connectivity index is 1.54. The van der Waals surface area contributed by atoms with E-state index >= 15 is 4.39 Å². The summed E-state index contributed by atoms with van der Waals surface area (Å²) in [5.74, 6) is 0.377. The Kier molecular flexibility index (Phi) is 5.60. The highest BCUT2D eigenvalue weighted by Gasteiger charge is 2.23. The Morgan fingerprint density at radius 1 is 1.20 bits per heavy atom. The van der Waals surface area contributed by atoms with Crippen LogP contribution in [0.25, 0.3) is 28.0 Å². The first-order valence-electron chi connectivity index (χ1n) is 10.9. The molecule has 0 aliphatic heterocycles. The van der Waals surface area contributed by atoms with E-state index in [9.17, 15) is 4.79 Å². The van der Waals surface area contributed by atoms with Gasteiger partial charge < -0.3 is 5.32 Å². The number of pyridine rings is 1. The van der Waals surface area contributed by atoms with Crippen molar-refractivity contribution in [3.63, 3.8) is 0 Å². The van der Waals surface area contributed by atoms with Crippen LogP contribution in [0.15, 0.2) is 42.7 Å². The molecule has 2 N–H and O–H groups in total. The molecule has 11 heteroatoms. The van der Waals surface area contributed by atoms with Gasteiger partial charge in [-0.1, -0.05) is 23.7 Å². The number of aromatic amines is 1. The van der Waals surface area contributed by atoms with E-state index in [0.717, 1.165) is 11.3 Å². The highest BCUT2D eigenvalue weighted by Crippen LogP contribution is 2.38. The minimum atomic E-state index is -0.454. The normalized spacial score (nSPS) is 12.3. The van der Waals surface area contributed by atoms with E-state index in [1.807, 2.05) is 26.2 Å². The fourth-order valence-corrected chi connectivity index (χ4v) is 4.35. The molecule has 4 aromatic heterocycles. The van der Waals surface area contributed by atoms with Gasteiger partial charge in [-0.15, -0.1) is 0 Å². The molecule has 1 aromatic carbocycles. The van der Waals surface area contributed by atoms with Gasteiger partial charge in [0, 0.05) is 36.1 Å². The van der Waals surface area contributed by atoms with Crippen LogP contribution in [0.3, 0.4) is 0 Å². The van der Waals surface area contributed by atoms with Crippen molar-refractivity contribution in [1.82, 2.24) is 39.7 Å². The summed E-state index contributed by atoms with van der Waals surface area (Å²) in [6, 6.07) is 7.67. The number of rotatable bonds is 5. The van der Waals surface area contributed by atoms with Crippen LogP contribution >= 0.6 is 11.6 Å². The topological polar surface area (TPSA) is 106 Å². The molecule has 1 amide bonds. The van der Waals surface area contributed by atoms with Gasteiger partial charge in [-0.05, 0) is 44.5 Å². The number of halogens is 2. The molecule has 35 heavy (non-hydrogen) atoms. The van der Waals surface area contributed by atoms with E-state index in [1.54, 1.807) is 47.3 Å². The maximum absolute atomic E-state index is 15.2. The van der Waals surface area contributed by atoms with Gasteiger partial charge in [0.15, 0.2) is 5.82 Å². The first kappa shape index (κ1) is 22.7. The molecule has 0 unspecified atom stereocenters. The third-order valence-electron chi connectivity index (χ3n) is 5.73. The van der Waals surface area contributed by atoms with E-state index in [0.29, 0.717) is 28.4 Å². The van der Waals surface area contributed by atoms with Crippen molar-refractivity contribution < 1.29 is 9.18 Å². The molecular formula is C24H22ClFN8O. The summed E-state index contributed by atoms with van der Waals surface area (Å²) >= 11 is 6.66. The fourth-order valence-electron chi connectivity index (χ4n) is 4.07. The molecule has 0 fully saturated rings. The molecule has 9 nitrogen and oxygen atoms in total. The van der Waals surface area contributed by atoms with Gasteiger partial charge in [0.05, 0.1) is 11.7 Å². The Morgan fingerprint density at radius 3 is 2.69 bits per heavy atom. The molecule has 0 saturated heterocycles. The molecule has 5 rings (SSSR count).